The molecule has 0 amide bonds. The topological polar surface area (TPSA) is 51.4 Å². The number of hydrogen-bond donors (Lipinski definition) is 0. The summed E-state index contributed by atoms with van der Waals surface area (Å²) in [7, 11) is 0. The van der Waals surface area contributed by atoms with Crippen LogP contribution < -0.4 is 0 Å². The number of rotatable bonds is 4. The maximum absolute atomic E-state index is 5.56. The van der Waals surface area contributed by atoms with Crippen LogP contribution >= 0.6 is 0 Å². The lowest BCUT2D eigenvalue weighted by Crippen LogP contribution is -2.41. The molecule has 5 heteroatoms. The predicted molar refractivity (Wildman–Crippen MR) is 74.3 cm³/mol. The highest BCUT2D eigenvalue weighted by molar-refractivity contribution is 5.15. The van der Waals surface area contributed by atoms with Crippen LogP contribution in [-0.4, -0.2) is 41.3 Å². The number of hydrogen-bond acceptors (Lipinski definition) is 5. The molecule has 1 aromatic heterocycles. The monoisotopic (exact) mass is 273 g/mol. The van der Waals surface area contributed by atoms with Gasteiger partial charge in [-0.3, -0.25) is 4.90 Å². The largest absolute Gasteiger partial charge is 0.378 e. The Kier molecular flexibility index (Phi) is 4.08. The second-order valence-electron chi connectivity index (χ2n) is 5.03. The molecule has 1 aliphatic heterocycles. The third-order valence-corrected chi connectivity index (χ3v) is 3.61. The maximum atomic E-state index is 5.56. The van der Waals surface area contributed by atoms with Crippen molar-refractivity contribution in [2.45, 2.75) is 19.4 Å². The second kappa shape index (κ2) is 6.15. The Hall–Kier alpha value is -1.72. The third kappa shape index (κ3) is 3.05. The number of aryl methyl sites for hydroxylation is 1. The smallest absolute Gasteiger partial charge is 0.223 e. The molecule has 1 atom stereocenters. The van der Waals surface area contributed by atoms with E-state index in [1.165, 1.54) is 5.56 Å². The average Bonchev–Trinajstić information content (AvgIpc) is 2.93. The Labute approximate surface area is 118 Å². The molecule has 3 rings (SSSR count). The number of ether oxygens (including phenoxy) is 1. The lowest BCUT2D eigenvalue weighted by Gasteiger charge is -2.33. The van der Waals surface area contributed by atoms with Crippen molar-refractivity contribution in [3.8, 4) is 0 Å². The van der Waals surface area contributed by atoms with Crippen LogP contribution in [0.5, 0.6) is 0 Å². The highest BCUT2D eigenvalue weighted by atomic mass is 16.5. The summed E-state index contributed by atoms with van der Waals surface area (Å²) >= 11 is 0. The summed E-state index contributed by atoms with van der Waals surface area (Å²) in [5, 5.41) is 4.04. The van der Waals surface area contributed by atoms with Crippen LogP contribution in [0.3, 0.4) is 0 Å². The molecule has 0 radical (unpaired) electrons. The summed E-state index contributed by atoms with van der Waals surface area (Å²) in [6.45, 7) is 5.10. The quantitative estimate of drug-likeness (QED) is 0.852. The lowest BCUT2D eigenvalue weighted by atomic mass is 10.1. The van der Waals surface area contributed by atoms with E-state index in [0.29, 0.717) is 12.5 Å². The van der Waals surface area contributed by atoms with Crippen LogP contribution in [0, 0.1) is 6.92 Å². The SMILES string of the molecule is Cc1nc([C@H]2COCCN2CCc2ccccc2)no1. The van der Waals surface area contributed by atoms with E-state index >= 15 is 0 Å². The minimum Gasteiger partial charge on any atom is -0.378 e. The van der Waals surface area contributed by atoms with Crippen molar-refractivity contribution in [1.82, 2.24) is 15.0 Å². The molecule has 0 aliphatic carbocycles. The van der Waals surface area contributed by atoms with Crippen LogP contribution in [0.15, 0.2) is 34.9 Å². The first-order chi connectivity index (χ1) is 9.83. The number of nitrogens with zero attached hydrogens (tertiary/aromatic N) is 3. The van der Waals surface area contributed by atoms with E-state index < -0.39 is 0 Å². The average molecular weight is 273 g/mol. The zero-order valence-electron chi connectivity index (χ0n) is 11.7. The normalized spacial score (nSPS) is 20.1. The number of benzene rings is 1. The minimum absolute atomic E-state index is 0.102. The van der Waals surface area contributed by atoms with Crippen LogP contribution in [0.1, 0.15) is 23.3 Å². The molecule has 1 saturated heterocycles. The minimum atomic E-state index is 0.102. The molecule has 1 aromatic carbocycles. The molecular formula is C15H19N3O2. The van der Waals surface area contributed by atoms with Gasteiger partial charge in [-0.05, 0) is 12.0 Å². The summed E-state index contributed by atoms with van der Waals surface area (Å²) in [5.41, 5.74) is 1.35. The molecule has 0 unspecified atom stereocenters. The van der Waals surface area contributed by atoms with Crippen LogP contribution in [-0.2, 0) is 11.2 Å². The Morgan fingerprint density at radius 1 is 1.30 bits per heavy atom. The molecule has 2 aromatic rings. The molecule has 2 heterocycles. The fourth-order valence-electron chi connectivity index (χ4n) is 2.51. The van der Waals surface area contributed by atoms with Crippen molar-refractivity contribution in [1.29, 1.82) is 0 Å². The number of aromatic nitrogens is 2. The highest BCUT2D eigenvalue weighted by Gasteiger charge is 2.28. The second-order valence-corrected chi connectivity index (χ2v) is 5.03. The van der Waals surface area contributed by atoms with Crippen molar-refractivity contribution in [3.05, 3.63) is 47.6 Å². The van der Waals surface area contributed by atoms with E-state index in [9.17, 15) is 0 Å². The summed E-state index contributed by atoms with van der Waals surface area (Å²) in [6, 6.07) is 10.6. The first-order valence-electron chi connectivity index (χ1n) is 6.99. The predicted octanol–water partition coefficient (Wildman–Crippen LogP) is 1.99. The summed E-state index contributed by atoms with van der Waals surface area (Å²) in [4.78, 5) is 6.72. The van der Waals surface area contributed by atoms with Gasteiger partial charge in [0.05, 0.1) is 19.3 Å². The molecule has 5 nitrogen and oxygen atoms in total. The molecule has 106 valence electrons. The van der Waals surface area contributed by atoms with E-state index in [1.54, 1.807) is 0 Å². The van der Waals surface area contributed by atoms with Gasteiger partial charge in [-0.2, -0.15) is 4.98 Å². The first-order valence-corrected chi connectivity index (χ1v) is 6.99. The summed E-state index contributed by atoms with van der Waals surface area (Å²) in [6.07, 6.45) is 1.02. The molecule has 0 bridgehead atoms. The van der Waals surface area contributed by atoms with E-state index in [-0.39, 0.29) is 6.04 Å². The van der Waals surface area contributed by atoms with Gasteiger partial charge in [0.25, 0.3) is 0 Å². The Morgan fingerprint density at radius 3 is 2.90 bits per heavy atom. The fraction of sp³-hybridized carbons (Fsp3) is 0.467. The van der Waals surface area contributed by atoms with E-state index in [1.807, 2.05) is 13.0 Å². The zero-order valence-corrected chi connectivity index (χ0v) is 11.7. The maximum Gasteiger partial charge on any atom is 0.223 e. The number of morpholine rings is 1. The van der Waals surface area contributed by atoms with E-state index in [0.717, 1.165) is 31.9 Å². The standard InChI is InChI=1S/C15H19N3O2/c1-12-16-15(17-20-12)14-11-19-10-9-18(14)8-7-13-5-3-2-4-6-13/h2-6,14H,7-11H2,1H3/t14-/m1/s1. The molecule has 0 N–H and O–H groups in total. The van der Waals surface area contributed by atoms with Crippen molar-refractivity contribution in [2.75, 3.05) is 26.3 Å². The summed E-state index contributed by atoms with van der Waals surface area (Å²) in [5.74, 6) is 1.34. The third-order valence-electron chi connectivity index (χ3n) is 3.61. The first kappa shape index (κ1) is 13.3. The Morgan fingerprint density at radius 2 is 2.15 bits per heavy atom. The Balaban J connectivity index is 1.66. The van der Waals surface area contributed by atoms with Gasteiger partial charge in [0.1, 0.15) is 0 Å². The van der Waals surface area contributed by atoms with Crippen LogP contribution in [0.2, 0.25) is 0 Å². The Bertz CT molecular complexity index is 541. The molecule has 0 saturated carbocycles. The van der Waals surface area contributed by atoms with Gasteiger partial charge in [0.15, 0.2) is 5.82 Å². The van der Waals surface area contributed by atoms with Crippen molar-refractivity contribution in [3.63, 3.8) is 0 Å². The van der Waals surface area contributed by atoms with Crippen LogP contribution in [0.25, 0.3) is 0 Å². The fourth-order valence-corrected chi connectivity index (χ4v) is 2.51. The van der Waals surface area contributed by atoms with Gasteiger partial charge in [-0.25, -0.2) is 0 Å². The lowest BCUT2D eigenvalue weighted by molar-refractivity contribution is -0.0118. The van der Waals surface area contributed by atoms with Gasteiger partial charge < -0.3 is 9.26 Å². The molecule has 1 fully saturated rings. The van der Waals surface area contributed by atoms with Gasteiger partial charge in [-0.1, -0.05) is 35.5 Å². The van der Waals surface area contributed by atoms with Gasteiger partial charge in [0.2, 0.25) is 5.89 Å². The van der Waals surface area contributed by atoms with Gasteiger partial charge >= 0.3 is 0 Å². The zero-order chi connectivity index (χ0) is 13.8. The molecule has 1 aliphatic rings. The van der Waals surface area contributed by atoms with Crippen molar-refractivity contribution < 1.29 is 9.26 Å². The summed E-state index contributed by atoms with van der Waals surface area (Å²) < 4.78 is 10.7. The molecular weight excluding hydrogens is 254 g/mol. The van der Waals surface area contributed by atoms with Gasteiger partial charge in [-0.15, -0.1) is 0 Å². The molecule has 20 heavy (non-hydrogen) atoms. The molecule has 0 spiro atoms. The van der Waals surface area contributed by atoms with Gasteiger partial charge in [0, 0.05) is 20.0 Å². The van der Waals surface area contributed by atoms with Crippen molar-refractivity contribution >= 4 is 0 Å². The van der Waals surface area contributed by atoms with Crippen molar-refractivity contribution in [2.24, 2.45) is 0 Å². The van der Waals surface area contributed by atoms with E-state index in [4.69, 9.17) is 9.26 Å². The highest BCUT2D eigenvalue weighted by Crippen LogP contribution is 2.22. The van der Waals surface area contributed by atoms with E-state index in [2.05, 4.69) is 39.3 Å². The van der Waals surface area contributed by atoms with Crippen LogP contribution in [0.4, 0.5) is 0 Å².